The highest BCUT2D eigenvalue weighted by atomic mass is 16.5. The number of ether oxygens (including phenoxy) is 1. The third kappa shape index (κ3) is 2.37. The molecule has 0 saturated carbocycles. The van der Waals surface area contributed by atoms with Crippen molar-refractivity contribution in [3.05, 3.63) is 83.9 Å². The quantitative estimate of drug-likeness (QED) is 0.225. The van der Waals surface area contributed by atoms with Crippen LogP contribution >= 0.6 is 0 Å². The predicted octanol–water partition coefficient (Wildman–Crippen LogP) is 6.22. The lowest BCUT2D eigenvalue weighted by Gasteiger charge is -2.30. The summed E-state index contributed by atoms with van der Waals surface area (Å²) >= 11 is 0. The van der Waals surface area contributed by atoms with Crippen molar-refractivity contribution in [3.8, 4) is 0 Å². The van der Waals surface area contributed by atoms with Crippen LogP contribution in [0, 0.1) is 0 Å². The van der Waals surface area contributed by atoms with Crippen molar-refractivity contribution in [2.75, 3.05) is 0 Å². The molecule has 1 atom stereocenters. The van der Waals surface area contributed by atoms with Crippen LogP contribution in [-0.2, 0) is 10.2 Å². The summed E-state index contributed by atoms with van der Waals surface area (Å²) < 4.78 is 6.27. The Morgan fingerprint density at radius 1 is 0.704 bits per heavy atom. The molecule has 4 aromatic carbocycles. The fourth-order valence-corrected chi connectivity index (χ4v) is 4.32. The minimum atomic E-state index is -0.894. The summed E-state index contributed by atoms with van der Waals surface area (Å²) in [6.45, 7) is 6.22. The maximum absolute atomic E-state index is 6.70. The molecule has 0 saturated heterocycles. The van der Waals surface area contributed by atoms with Crippen molar-refractivity contribution in [1.82, 2.24) is 0 Å². The van der Waals surface area contributed by atoms with E-state index in [0.29, 0.717) is 0 Å². The van der Waals surface area contributed by atoms with Crippen LogP contribution in [0.4, 0.5) is 0 Å². The highest BCUT2D eigenvalue weighted by Crippen LogP contribution is 2.43. The van der Waals surface area contributed by atoms with E-state index in [4.69, 9.17) is 12.6 Å². The lowest BCUT2D eigenvalue weighted by molar-refractivity contribution is -0.0302. The smallest absolute Gasteiger partial charge is 0.126 e. The number of hydrogen-bond acceptors (Lipinski definition) is 1. The minimum absolute atomic E-state index is 0.352. The molecule has 0 aromatic heterocycles. The van der Waals surface area contributed by atoms with E-state index in [1.54, 1.807) is 0 Å². The third-order valence-electron chi connectivity index (χ3n) is 6.00. The zero-order chi connectivity index (χ0) is 18.8. The van der Waals surface area contributed by atoms with Gasteiger partial charge in [0.15, 0.2) is 0 Å². The van der Waals surface area contributed by atoms with Crippen LogP contribution in [-0.4, -0.2) is 13.4 Å². The number of rotatable bonds is 1. The van der Waals surface area contributed by atoms with Gasteiger partial charge in [-0.05, 0) is 70.3 Å². The lowest BCUT2D eigenvalue weighted by atomic mass is 9.74. The second-order valence-corrected chi connectivity index (χ2v) is 8.08. The molecule has 2 radical (unpaired) electrons. The summed E-state index contributed by atoms with van der Waals surface area (Å²) in [7, 11) is 6.70. The maximum atomic E-state index is 6.70. The van der Waals surface area contributed by atoms with Crippen molar-refractivity contribution in [2.24, 2.45) is 0 Å². The van der Waals surface area contributed by atoms with Gasteiger partial charge < -0.3 is 4.74 Å². The Hall–Kier alpha value is -2.58. The van der Waals surface area contributed by atoms with Gasteiger partial charge in [0.05, 0.1) is 11.1 Å². The first-order valence-corrected chi connectivity index (χ1v) is 9.42. The fraction of sp³-hybridized carbons (Fsp3) is 0.200. The van der Waals surface area contributed by atoms with Crippen LogP contribution in [0.1, 0.15) is 26.3 Å². The van der Waals surface area contributed by atoms with Crippen molar-refractivity contribution >= 4 is 40.2 Å². The van der Waals surface area contributed by atoms with E-state index in [-0.39, 0.29) is 5.60 Å². The summed E-state index contributed by atoms with van der Waals surface area (Å²) in [4.78, 5) is 0. The van der Waals surface area contributed by atoms with Gasteiger partial charge in [-0.2, -0.15) is 0 Å². The van der Waals surface area contributed by atoms with Gasteiger partial charge >= 0.3 is 0 Å². The molecule has 1 heterocycles. The summed E-state index contributed by atoms with van der Waals surface area (Å²) in [6.07, 6.45) is 2.05. The molecule has 2 heteroatoms. The van der Waals surface area contributed by atoms with Crippen LogP contribution in [0.2, 0.25) is 0 Å². The highest BCUT2D eigenvalue weighted by Gasteiger charge is 2.40. The molecule has 0 fully saturated rings. The topological polar surface area (TPSA) is 9.23 Å². The Labute approximate surface area is 161 Å². The molecular formula is C25H21BO. The molecule has 0 amide bonds. The summed E-state index contributed by atoms with van der Waals surface area (Å²) in [5.41, 5.74) is 0.901. The maximum Gasteiger partial charge on any atom is 0.126 e. The SMILES string of the molecule is [B]C1(c2ccc3c4ccccc4c4ccccc4c3c2)C=C(C)C(C)(C)O1. The van der Waals surface area contributed by atoms with E-state index in [9.17, 15) is 0 Å². The molecule has 1 unspecified atom stereocenters. The molecular weight excluding hydrogens is 327 g/mol. The average Bonchev–Trinajstić information content (AvgIpc) is 2.89. The van der Waals surface area contributed by atoms with Crippen molar-refractivity contribution in [2.45, 2.75) is 31.9 Å². The zero-order valence-corrected chi connectivity index (χ0v) is 15.9. The zero-order valence-electron chi connectivity index (χ0n) is 15.9. The molecule has 0 N–H and O–H groups in total. The van der Waals surface area contributed by atoms with Gasteiger partial charge in [0.1, 0.15) is 7.85 Å². The molecule has 0 spiro atoms. The Bertz CT molecular complexity index is 1220. The molecule has 0 aliphatic carbocycles. The highest BCUT2D eigenvalue weighted by molar-refractivity contribution is 6.25. The molecule has 27 heavy (non-hydrogen) atoms. The average molecular weight is 348 g/mol. The first-order chi connectivity index (χ1) is 12.9. The number of fused-ring (bicyclic) bond motifs is 6. The van der Waals surface area contributed by atoms with E-state index < -0.39 is 5.50 Å². The van der Waals surface area contributed by atoms with E-state index in [1.165, 1.54) is 32.3 Å². The van der Waals surface area contributed by atoms with Gasteiger partial charge in [-0.15, -0.1) is 0 Å². The fourth-order valence-electron chi connectivity index (χ4n) is 4.32. The second-order valence-electron chi connectivity index (χ2n) is 8.08. The van der Waals surface area contributed by atoms with E-state index >= 15 is 0 Å². The Balaban J connectivity index is 1.85. The van der Waals surface area contributed by atoms with Gasteiger partial charge in [-0.3, -0.25) is 0 Å². The first kappa shape index (κ1) is 16.6. The van der Waals surface area contributed by atoms with Gasteiger partial charge in [-0.1, -0.05) is 66.7 Å². The molecule has 130 valence electrons. The molecule has 4 aromatic rings. The number of hydrogen-bond donors (Lipinski definition) is 0. The van der Waals surface area contributed by atoms with Gasteiger partial charge in [0.25, 0.3) is 0 Å². The first-order valence-electron chi connectivity index (χ1n) is 9.42. The van der Waals surface area contributed by atoms with Gasteiger partial charge in [0.2, 0.25) is 0 Å². The molecule has 5 rings (SSSR count). The standard InChI is InChI=1S/C25H21BO/c1-16-15-25(26,27-24(16,2)3)17-12-13-22-20-10-5-4-8-18(20)19-9-6-7-11-21(19)23(22)14-17/h4-15H,1-3H3. The monoisotopic (exact) mass is 348 g/mol. The summed E-state index contributed by atoms with van der Waals surface area (Å²) in [5.74, 6) is 0. The largest absolute Gasteiger partial charge is 0.366 e. The predicted molar refractivity (Wildman–Crippen MR) is 115 cm³/mol. The van der Waals surface area contributed by atoms with E-state index in [1.807, 2.05) is 0 Å². The molecule has 0 bridgehead atoms. The van der Waals surface area contributed by atoms with Crippen LogP contribution in [0.5, 0.6) is 0 Å². The van der Waals surface area contributed by atoms with Crippen molar-refractivity contribution in [1.29, 1.82) is 0 Å². The summed E-state index contributed by atoms with van der Waals surface area (Å²) in [6, 6.07) is 23.7. The Morgan fingerprint density at radius 2 is 1.19 bits per heavy atom. The minimum Gasteiger partial charge on any atom is -0.366 e. The van der Waals surface area contributed by atoms with Crippen LogP contribution in [0.15, 0.2) is 78.4 Å². The Kier molecular flexibility index (Phi) is 3.36. The second kappa shape index (κ2) is 5.47. The van der Waals surface area contributed by atoms with Crippen molar-refractivity contribution in [3.63, 3.8) is 0 Å². The van der Waals surface area contributed by atoms with Crippen molar-refractivity contribution < 1.29 is 4.74 Å². The van der Waals surface area contributed by atoms with E-state index in [2.05, 4.69) is 93.6 Å². The molecule has 1 aliphatic rings. The molecule has 1 nitrogen and oxygen atoms in total. The van der Waals surface area contributed by atoms with Crippen LogP contribution in [0.25, 0.3) is 32.3 Å². The normalized spacial score (nSPS) is 21.8. The molecule has 1 aliphatic heterocycles. The van der Waals surface area contributed by atoms with E-state index in [0.717, 1.165) is 11.1 Å². The third-order valence-corrected chi connectivity index (χ3v) is 6.00. The Morgan fingerprint density at radius 3 is 1.67 bits per heavy atom. The number of benzene rings is 4. The van der Waals surface area contributed by atoms with Crippen LogP contribution < -0.4 is 0 Å². The van der Waals surface area contributed by atoms with Gasteiger partial charge in [-0.25, -0.2) is 0 Å². The summed E-state index contributed by atoms with van der Waals surface area (Å²) in [5, 5.41) is 7.52. The van der Waals surface area contributed by atoms with Gasteiger partial charge in [0, 0.05) is 0 Å². The lowest BCUT2D eigenvalue weighted by Crippen LogP contribution is -2.32. The van der Waals surface area contributed by atoms with Crippen LogP contribution in [0.3, 0.4) is 0 Å².